The van der Waals surface area contributed by atoms with E-state index in [4.69, 9.17) is 14.2 Å². The molecular weight excluding hydrogens is 358 g/mol. The van der Waals surface area contributed by atoms with Gasteiger partial charge in [-0.15, -0.1) is 0 Å². The summed E-state index contributed by atoms with van der Waals surface area (Å²) in [6.45, 7) is 5.91. The van der Waals surface area contributed by atoms with E-state index >= 15 is 0 Å². The van der Waals surface area contributed by atoms with Crippen LogP contribution < -0.4 is 0 Å². The number of carbonyl (C=O) groups excluding carboxylic acids is 2. The molecule has 3 aliphatic rings. The van der Waals surface area contributed by atoms with E-state index in [2.05, 4.69) is 0 Å². The van der Waals surface area contributed by atoms with Crippen LogP contribution in [0.25, 0.3) is 0 Å². The second-order valence-corrected chi connectivity index (χ2v) is 8.03. The van der Waals surface area contributed by atoms with Crippen molar-refractivity contribution in [3.63, 3.8) is 0 Å². The molecule has 28 heavy (non-hydrogen) atoms. The number of likely N-dealkylation sites (tertiary alicyclic amines) is 1. The van der Waals surface area contributed by atoms with Crippen molar-refractivity contribution in [2.45, 2.75) is 44.7 Å². The zero-order valence-electron chi connectivity index (χ0n) is 16.4. The van der Waals surface area contributed by atoms with Gasteiger partial charge < -0.3 is 19.1 Å². The highest BCUT2D eigenvalue weighted by Gasteiger charge is 2.67. The van der Waals surface area contributed by atoms with E-state index in [0.717, 1.165) is 12.0 Å². The van der Waals surface area contributed by atoms with Crippen LogP contribution in [0.2, 0.25) is 0 Å². The Morgan fingerprint density at radius 2 is 2.11 bits per heavy atom. The van der Waals surface area contributed by atoms with E-state index in [0.29, 0.717) is 19.7 Å². The van der Waals surface area contributed by atoms with Crippen molar-refractivity contribution in [1.29, 1.82) is 0 Å². The van der Waals surface area contributed by atoms with Crippen molar-refractivity contribution < 1.29 is 23.8 Å². The molecule has 0 saturated carbocycles. The highest BCUT2D eigenvalue weighted by molar-refractivity contribution is 5.91. The van der Waals surface area contributed by atoms with Gasteiger partial charge in [-0.3, -0.25) is 9.59 Å². The number of amides is 1. The van der Waals surface area contributed by atoms with Gasteiger partial charge in [-0.25, -0.2) is 0 Å². The SMILES string of the molecule is CC(C)OCCCN1C[C@@]23C=C[C@@H](O2)C(C(=O)OCc2ccccc2)[C@H]3C1=O. The molecule has 0 aliphatic carbocycles. The fourth-order valence-corrected chi connectivity index (χ4v) is 4.44. The summed E-state index contributed by atoms with van der Waals surface area (Å²) < 4.78 is 17.2. The molecule has 1 aromatic carbocycles. The minimum atomic E-state index is -0.683. The highest BCUT2D eigenvalue weighted by atomic mass is 16.6. The average molecular weight is 385 g/mol. The predicted octanol–water partition coefficient (Wildman–Crippen LogP) is 2.33. The largest absolute Gasteiger partial charge is 0.460 e. The molecule has 3 heterocycles. The molecule has 2 saturated heterocycles. The van der Waals surface area contributed by atoms with Gasteiger partial charge in [0.15, 0.2) is 0 Å². The number of nitrogens with zero attached hydrogens (tertiary/aromatic N) is 1. The average Bonchev–Trinajstić information content (AvgIpc) is 3.32. The van der Waals surface area contributed by atoms with E-state index < -0.39 is 17.4 Å². The van der Waals surface area contributed by atoms with Gasteiger partial charge in [0.05, 0.1) is 24.7 Å². The van der Waals surface area contributed by atoms with Crippen molar-refractivity contribution in [1.82, 2.24) is 4.90 Å². The summed E-state index contributed by atoms with van der Waals surface area (Å²) in [7, 11) is 0. The van der Waals surface area contributed by atoms with Crippen molar-refractivity contribution in [3.05, 3.63) is 48.0 Å². The second-order valence-electron chi connectivity index (χ2n) is 8.03. The second kappa shape index (κ2) is 7.68. The lowest BCUT2D eigenvalue weighted by Crippen LogP contribution is -2.40. The minimum Gasteiger partial charge on any atom is -0.460 e. The molecule has 150 valence electrons. The van der Waals surface area contributed by atoms with Crippen LogP contribution in [0.4, 0.5) is 0 Å². The van der Waals surface area contributed by atoms with E-state index in [9.17, 15) is 9.59 Å². The number of benzene rings is 1. The van der Waals surface area contributed by atoms with Crippen LogP contribution >= 0.6 is 0 Å². The molecule has 1 amide bonds. The van der Waals surface area contributed by atoms with Crippen LogP contribution in [0.1, 0.15) is 25.8 Å². The Labute approximate surface area is 165 Å². The summed E-state index contributed by atoms with van der Waals surface area (Å²) in [5, 5.41) is 0. The monoisotopic (exact) mass is 385 g/mol. The Hall–Kier alpha value is -2.18. The maximum Gasteiger partial charge on any atom is 0.313 e. The number of hydrogen-bond acceptors (Lipinski definition) is 5. The minimum absolute atomic E-state index is 0.0157. The van der Waals surface area contributed by atoms with E-state index in [-0.39, 0.29) is 30.7 Å². The molecule has 4 atom stereocenters. The zero-order chi connectivity index (χ0) is 19.7. The van der Waals surface area contributed by atoms with Gasteiger partial charge in [0.25, 0.3) is 0 Å². The molecule has 3 aliphatic heterocycles. The van der Waals surface area contributed by atoms with Crippen molar-refractivity contribution in [2.75, 3.05) is 19.7 Å². The number of carbonyl (C=O) groups is 2. The molecule has 1 aromatic rings. The van der Waals surface area contributed by atoms with Crippen LogP contribution in [-0.2, 0) is 30.4 Å². The number of rotatable bonds is 8. The van der Waals surface area contributed by atoms with Crippen molar-refractivity contribution in [2.24, 2.45) is 11.8 Å². The lowest BCUT2D eigenvalue weighted by atomic mass is 9.77. The van der Waals surface area contributed by atoms with E-state index in [1.165, 1.54) is 0 Å². The third-order valence-corrected chi connectivity index (χ3v) is 5.70. The Kier molecular flexibility index (Phi) is 5.25. The van der Waals surface area contributed by atoms with Crippen molar-refractivity contribution in [3.8, 4) is 0 Å². The maximum absolute atomic E-state index is 13.1. The molecule has 2 bridgehead atoms. The first-order chi connectivity index (χ1) is 13.5. The molecule has 0 aromatic heterocycles. The molecule has 1 unspecified atom stereocenters. The van der Waals surface area contributed by atoms with Crippen molar-refractivity contribution >= 4 is 11.9 Å². The van der Waals surface area contributed by atoms with Crippen LogP contribution in [0.15, 0.2) is 42.5 Å². The molecule has 2 fully saturated rings. The lowest BCUT2D eigenvalue weighted by Gasteiger charge is -2.22. The fourth-order valence-electron chi connectivity index (χ4n) is 4.44. The normalized spacial score (nSPS) is 30.3. The van der Waals surface area contributed by atoms with Gasteiger partial charge in [0, 0.05) is 13.2 Å². The summed E-state index contributed by atoms with van der Waals surface area (Å²) in [4.78, 5) is 27.7. The zero-order valence-corrected chi connectivity index (χ0v) is 16.4. The van der Waals surface area contributed by atoms with Gasteiger partial charge in [-0.2, -0.15) is 0 Å². The van der Waals surface area contributed by atoms with E-state index in [1.54, 1.807) is 4.90 Å². The van der Waals surface area contributed by atoms with Gasteiger partial charge >= 0.3 is 5.97 Å². The maximum atomic E-state index is 13.1. The standard InChI is InChI=1S/C22H27NO5/c1-15(2)26-12-6-11-23-14-22-10-9-17(28-22)18(19(22)20(23)24)21(25)27-13-16-7-4-3-5-8-16/h3-5,7-10,15,17-19H,6,11-14H2,1-2H3/t17-,18?,19+,22-/m1/s1. The lowest BCUT2D eigenvalue weighted by molar-refractivity contribution is -0.155. The first kappa shape index (κ1) is 19.2. The van der Waals surface area contributed by atoms with Gasteiger partial charge in [0.1, 0.15) is 18.1 Å². The quantitative estimate of drug-likeness (QED) is 0.390. The Morgan fingerprint density at radius 3 is 2.86 bits per heavy atom. The third-order valence-electron chi connectivity index (χ3n) is 5.70. The molecular formula is C22H27NO5. The van der Waals surface area contributed by atoms with Crippen LogP contribution in [0, 0.1) is 11.8 Å². The molecule has 6 nitrogen and oxygen atoms in total. The number of esters is 1. The van der Waals surface area contributed by atoms with Crippen LogP contribution in [-0.4, -0.2) is 54.3 Å². The summed E-state index contributed by atoms with van der Waals surface area (Å²) in [6.07, 6.45) is 4.44. The molecule has 0 radical (unpaired) electrons. The molecule has 1 spiro atoms. The van der Waals surface area contributed by atoms with Crippen LogP contribution in [0.3, 0.4) is 0 Å². The smallest absolute Gasteiger partial charge is 0.313 e. The van der Waals surface area contributed by atoms with Gasteiger partial charge in [-0.1, -0.05) is 42.5 Å². The van der Waals surface area contributed by atoms with Gasteiger partial charge in [-0.05, 0) is 25.8 Å². The fraction of sp³-hybridized carbons (Fsp3) is 0.545. The third kappa shape index (κ3) is 3.47. The summed E-state index contributed by atoms with van der Waals surface area (Å²) in [5.41, 5.74) is 0.242. The number of hydrogen-bond donors (Lipinski definition) is 0. The molecule has 6 heteroatoms. The number of fused-ring (bicyclic) bond motifs is 1. The summed E-state index contributed by atoms with van der Waals surface area (Å²) in [6, 6.07) is 9.55. The summed E-state index contributed by atoms with van der Waals surface area (Å²) in [5.74, 6) is -1.43. The van der Waals surface area contributed by atoms with Crippen LogP contribution in [0.5, 0.6) is 0 Å². The topological polar surface area (TPSA) is 65.1 Å². The number of ether oxygens (including phenoxy) is 3. The predicted molar refractivity (Wildman–Crippen MR) is 102 cm³/mol. The highest BCUT2D eigenvalue weighted by Crippen LogP contribution is 2.52. The first-order valence-electron chi connectivity index (χ1n) is 9.98. The summed E-state index contributed by atoms with van der Waals surface area (Å²) >= 11 is 0. The van der Waals surface area contributed by atoms with Gasteiger partial charge in [0.2, 0.25) is 5.91 Å². The first-order valence-corrected chi connectivity index (χ1v) is 9.98. The molecule has 4 rings (SSSR count). The Bertz CT molecular complexity index is 761. The Balaban J connectivity index is 1.39. The molecule has 0 N–H and O–H groups in total. The Morgan fingerprint density at radius 1 is 1.32 bits per heavy atom. The van der Waals surface area contributed by atoms with E-state index in [1.807, 2.05) is 56.3 Å².